The van der Waals surface area contributed by atoms with Crippen molar-refractivity contribution >= 4 is 5.78 Å². The van der Waals surface area contributed by atoms with E-state index in [-0.39, 0.29) is 40.8 Å². The summed E-state index contributed by atoms with van der Waals surface area (Å²) in [6, 6.07) is 0. The molecule has 3 heteroatoms. The molecule has 0 bridgehead atoms. The molecule has 0 heterocycles. The molecular weight excluding hydrogens is 187 g/mol. The second kappa shape index (κ2) is 4.82. The summed E-state index contributed by atoms with van der Waals surface area (Å²) in [5.41, 5.74) is 0.441. The van der Waals surface area contributed by atoms with Crippen molar-refractivity contribution < 1.29 is 39.5 Å². The number of ketones is 1. The summed E-state index contributed by atoms with van der Waals surface area (Å²) in [6.45, 7) is 0. The van der Waals surface area contributed by atoms with Crippen LogP contribution in [0.15, 0.2) is 11.8 Å². The monoisotopic (exact) mass is 202 g/mol. The molecule has 2 nitrogen and oxygen atoms in total. The maximum Gasteiger partial charge on any atom is 1.00 e. The molecule has 0 aliphatic heterocycles. The van der Waals surface area contributed by atoms with Crippen LogP contribution in [-0.4, -0.2) is 5.78 Å². The maximum atomic E-state index is 11.8. The first-order chi connectivity index (χ1) is 6.28. The molecule has 72 valence electrons. The fourth-order valence-electron chi connectivity index (χ4n) is 2.76. The Balaban J connectivity index is 0.000000980. The fourth-order valence-corrected chi connectivity index (χ4v) is 2.76. The zero-order valence-corrected chi connectivity index (χ0v) is 10.8. The number of Topliss-reactive ketones (excluding diaryl/α,β-unsaturated/α-hetero) is 1. The largest absolute Gasteiger partial charge is 1.00 e. The molecule has 2 rings (SSSR count). The minimum Gasteiger partial charge on any atom is -0.878 e. The smallest absolute Gasteiger partial charge is 0.878 e. The van der Waals surface area contributed by atoms with E-state index in [1.165, 1.54) is 6.42 Å². The van der Waals surface area contributed by atoms with E-state index in [0.29, 0.717) is 5.57 Å². The third-order valence-corrected chi connectivity index (χ3v) is 3.60. The van der Waals surface area contributed by atoms with Crippen molar-refractivity contribution in [2.24, 2.45) is 5.41 Å². The van der Waals surface area contributed by atoms with E-state index in [1.807, 2.05) is 0 Å². The van der Waals surface area contributed by atoms with Crippen LogP contribution in [0.4, 0.5) is 0 Å². The number of rotatable bonds is 0. The van der Waals surface area contributed by atoms with E-state index in [1.54, 1.807) is 0 Å². The van der Waals surface area contributed by atoms with E-state index in [9.17, 15) is 9.90 Å². The molecule has 2 aliphatic carbocycles. The third-order valence-electron chi connectivity index (χ3n) is 3.60. The summed E-state index contributed by atoms with van der Waals surface area (Å²) >= 11 is 0. The van der Waals surface area contributed by atoms with Crippen molar-refractivity contribution in [2.45, 2.75) is 44.9 Å². The van der Waals surface area contributed by atoms with Crippen LogP contribution in [0.25, 0.3) is 0 Å². The zero-order valence-electron chi connectivity index (χ0n) is 8.84. The Labute approximate surface area is 107 Å². The molecule has 2 aliphatic rings. The molecule has 0 radical (unpaired) electrons. The molecular formula is C11H15NaO2. The van der Waals surface area contributed by atoms with Crippen molar-refractivity contribution in [3.8, 4) is 0 Å². The first-order valence-corrected chi connectivity index (χ1v) is 5.14. The van der Waals surface area contributed by atoms with Crippen LogP contribution in [0, 0.1) is 5.41 Å². The number of hydrogen-bond acceptors (Lipinski definition) is 2. The molecule has 0 atom stereocenters. The van der Waals surface area contributed by atoms with Crippen molar-refractivity contribution in [2.75, 3.05) is 0 Å². The Morgan fingerprint density at radius 3 is 2.29 bits per heavy atom. The van der Waals surface area contributed by atoms with Gasteiger partial charge in [-0.15, -0.1) is 6.26 Å². The van der Waals surface area contributed by atoms with E-state index in [0.717, 1.165) is 44.8 Å². The van der Waals surface area contributed by atoms with Gasteiger partial charge in [0.1, 0.15) is 0 Å². The van der Waals surface area contributed by atoms with Crippen LogP contribution >= 0.6 is 0 Å². The molecule has 2 fully saturated rings. The first-order valence-electron chi connectivity index (χ1n) is 5.14. The van der Waals surface area contributed by atoms with Gasteiger partial charge in [-0.05, 0) is 31.3 Å². The SMILES string of the molecule is O=C1/C(=C\[O-])CCC12CCCCC2.[Na+]. The predicted octanol–water partition coefficient (Wildman–Crippen LogP) is -1.45. The summed E-state index contributed by atoms with van der Waals surface area (Å²) in [5, 5.41) is 10.6. The predicted molar refractivity (Wildman–Crippen MR) is 47.8 cm³/mol. The topological polar surface area (TPSA) is 40.1 Å². The quantitative estimate of drug-likeness (QED) is 0.274. The number of allylic oxidation sites excluding steroid dienone is 1. The van der Waals surface area contributed by atoms with Crippen LogP contribution in [0.5, 0.6) is 0 Å². The molecule has 0 aromatic heterocycles. The van der Waals surface area contributed by atoms with Gasteiger partial charge in [0.15, 0.2) is 5.78 Å². The molecule has 0 aromatic carbocycles. The van der Waals surface area contributed by atoms with Crippen molar-refractivity contribution in [3.05, 3.63) is 11.8 Å². The van der Waals surface area contributed by atoms with E-state index >= 15 is 0 Å². The molecule has 14 heavy (non-hydrogen) atoms. The summed E-state index contributed by atoms with van der Waals surface area (Å²) in [5.74, 6) is 0.169. The Hall–Kier alpha value is 0.210. The molecule has 1 spiro atoms. The zero-order chi connectivity index (χ0) is 9.31. The Morgan fingerprint density at radius 1 is 1.14 bits per heavy atom. The number of carbonyl (C=O) groups is 1. The van der Waals surface area contributed by atoms with Crippen molar-refractivity contribution in [1.82, 2.24) is 0 Å². The molecule has 0 saturated heterocycles. The summed E-state index contributed by atoms with van der Waals surface area (Å²) < 4.78 is 0. The third kappa shape index (κ3) is 1.93. The maximum absolute atomic E-state index is 11.8. The first kappa shape index (κ1) is 12.3. The molecule has 0 N–H and O–H groups in total. The van der Waals surface area contributed by atoms with Gasteiger partial charge >= 0.3 is 29.6 Å². The van der Waals surface area contributed by atoms with Crippen LogP contribution in [0.1, 0.15) is 44.9 Å². The van der Waals surface area contributed by atoms with Crippen LogP contribution < -0.4 is 34.7 Å². The standard InChI is InChI=1S/C11H16O2.Na/c12-8-9-4-7-11(10(9)13)5-2-1-3-6-11;/h8,12H,1-7H2;/q;+1/p-1/b9-8-;. The van der Waals surface area contributed by atoms with Gasteiger partial charge < -0.3 is 5.11 Å². The summed E-state index contributed by atoms with van der Waals surface area (Å²) in [7, 11) is 0. The van der Waals surface area contributed by atoms with Crippen molar-refractivity contribution in [1.29, 1.82) is 0 Å². The van der Waals surface area contributed by atoms with Gasteiger partial charge in [0.25, 0.3) is 0 Å². The van der Waals surface area contributed by atoms with Gasteiger partial charge in [0.05, 0.1) is 0 Å². The molecule has 2 saturated carbocycles. The van der Waals surface area contributed by atoms with Gasteiger partial charge in [0, 0.05) is 5.41 Å². The van der Waals surface area contributed by atoms with E-state index < -0.39 is 0 Å². The Morgan fingerprint density at radius 2 is 1.79 bits per heavy atom. The van der Waals surface area contributed by atoms with Crippen LogP contribution in [0.2, 0.25) is 0 Å². The number of hydrogen-bond donors (Lipinski definition) is 0. The average Bonchev–Trinajstić information content (AvgIpc) is 2.47. The van der Waals surface area contributed by atoms with Crippen molar-refractivity contribution in [3.63, 3.8) is 0 Å². The number of carbonyl (C=O) groups excluding carboxylic acids is 1. The molecule has 0 unspecified atom stereocenters. The minimum absolute atomic E-state index is 0. The minimum atomic E-state index is -0.103. The second-order valence-corrected chi connectivity index (χ2v) is 4.31. The van der Waals surface area contributed by atoms with Crippen LogP contribution in [0.3, 0.4) is 0 Å². The second-order valence-electron chi connectivity index (χ2n) is 4.31. The Bertz CT molecular complexity index is 252. The van der Waals surface area contributed by atoms with Gasteiger partial charge in [-0.2, -0.15) is 0 Å². The summed E-state index contributed by atoms with van der Waals surface area (Å²) in [4.78, 5) is 11.8. The fraction of sp³-hybridized carbons (Fsp3) is 0.727. The van der Waals surface area contributed by atoms with Gasteiger partial charge in [0.2, 0.25) is 0 Å². The van der Waals surface area contributed by atoms with E-state index in [2.05, 4.69) is 0 Å². The van der Waals surface area contributed by atoms with Gasteiger partial charge in [-0.3, -0.25) is 4.79 Å². The average molecular weight is 202 g/mol. The summed E-state index contributed by atoms with van der Waals surface area (Å²) in [6.07, 6.45) is 8.04. The molecule has 0 amide bonds. The Kier molecular flexibility index (Phi) is 4.23. The van der Waals surface area contributed by atoms with Gasteiger partial charge in [-0.1, -0.05) is 19.3 Å². The molecule has 0 aromatic rings. The van der Waals surface area contributed by atoms with Gasteiger partial charge in [-0.25, -0.2) is 0 Å². The van der Waals surface area contributed by atoms with E-state index in [4.69, 9.17) is 0 Å². The normalized spacial score (nSPS) is 28.0. The van der Waals surface area contributed by atoms with Crippen LogP contribution in [-0.2, 0) is 4.79 Å².